The molecule has 0 saturated heterocycles. The summed E-state index contributed by atoms with van der Waals surface area (Å²) < 4.78 is 5.32. The Balaban J connectivity index is 1.66. The number of ether oxygens (including phenoxy) is 1. The molecule has 27 heavy (non-hydrogen) atoms. The van der Waals surface area contributed by atoms with Crippen LogP contribution in [0, 0.1) is 0 Å². The average Bonchev–Trinajstić information content (AvgIpc) is 3.08. The third-order valence-corrected chi connectivity index (χ3v) is 4.93. The number of aromatic amines is 1. The van der Waals surface area contributed by atoms with Crippen LogP contribution in [-0.4, -0.2) is 34.6 Å². The number of nitrogens with zero attached hydrogens (tertiary/aromatic N) is 1. The molecule has 0 spiro atoms. The van der Waals surface area contributed by atoms with Crippen molar-refractivity contribution in [3.8, 4) is 17.1 Å². The SMILES string of the molecule is COc1cccc(C2CNC(=O)c3nc(-c4ccc(CO)cc4)[nH]c3C2)c1. The van der Waals surface area contributed by atoms with E-state index in [2.05, 4.69) is 21.4 Å². The average molecular weight is 363 g/mol. The molecule has 0 aliphatic carbocycles. The van der Waals surface area contributed by atoms with Gasteiger partial charge in [-0.25, -0.2) is 4.98 Å². The Labute approximate surface area is 157 Å². The molecule has 1 aromatic heterocycles. The molecule has 6 heteroatoms. The molecule has 6 nitrogen and oxygen atoms in total. The second kappa shape index (κ2) is 7.25. The molecule has 0 bridgehead atoms. The van der Waals surface area contributed by atoms with Crippen molar-refractivity contribution >= 4 is 5.91 Å². The van der Waals surface area contributed by atoms with E-state index in [1.807, 2.05) is 42.5 Å². The first kappa shape index (κ1) is 17.3. The van der Waals surface area contributed by atoms with Crippen LogP contribution in [0.15, 0.2) is 48.5 Å². The Hall–Kier alpha value is -3.12. The Morgan fingerprint density at radius 1 is 1.22 bits per heavy atom. The first-order chi connectivity index (χ1) is 13.2. The highest BCUT2D eigenvalue weighted by molar-refractivity contribution is 5.94. The fourth-order valence-electron chi connectivity index (χ4n) is 3.40. The predicted octanol–water partition coefficient (Wildman–Crippen LogP) is 2.65. The number of aromatic nitrogens is 2. The highest BCUT2D eigenvalue weighted by Gasteiger charge is 2.26. The number of fused-ring (bicyclic) bond motifs is 1. The number of benzene rings is 2. The van der Waals surface area contributed by atoms with Crippen LogP contribution in [-0.2, 0) is 13.0 Å². The number of hydrogen-bond acceptors (Lipinski definition) is 4. The van der Waals surface area contributed by atoms with E-state index in [1.54, 1.807) is 7.11 Å². The largest absolute Gasteiger partial charge is 0.497 e. The molecule has 1 aliphatic heterocycles. The van der Waals surface area contributed by atoms with E-state index in [0.717, 1.165) is 28.1 Å². The van der Waals surface area contributed by atoms with Gasteiger partial charge in [-0.1, -0.05) is 36.4 Å². The number of carbonyl (C=O) groups excluding carboxylic acids is 1. The molecule has 0 radical (unpaired) electrons. The summed E-state index contributed by atoms with van der Waals surface area (Å²) in [6.45, 7) is 0.552. The van der Waals surface area contributed by atoms with Crippen molar-refractivity contribution in [3.05, 3.63) is 71.0 Å². The topological polar surface area (TPSA) is 87.2 Å². The molecule has 3 N–H and O–H groups in total. The molecular formula is C21H21N3O3. The molecule has 4 rings (SSSR count). The summed E-state index contributed by atoms with van der Waals surface area (Å²) in [7, 11) is 1.65. The fraction of sp³-hybridized carbons (Fsp3) is 0.238. The summed E-state index contributed by atoms with van der Waals surface area (Å²) in [4.78, 5) is 20.3. The number of carbonyl (C=O) groups is 1. The molecular weight excluding hydrogens is 342 g/mol. The maximum absolute atomic E-state index is 12.5. The maximum atomic E-state index is 12.5. The summed E-state index contributed by atoms with van der Waals surface area (Å²) in [6.07, 6.45) is 0.683. The Kier molecular flexibility index (Phi) is 4.64. The third-order valence-electron chi connectivity index (χ3n) is 4.93. The molecule has 3 aromatic rings. The van der Waals surface area contributed by atoms with E-state index in [4.69, 9.17) is 4.74 Å². The van der Waals surface area contributed by atoms with Crippen LogP contribution in [0.3, 0.4) is 0 Å². The Bertz CT molecular complexity index is 963. The van der Waals surface area contributed by atoms with Gasteiger partial charge in [-0.2, -0.15) is 0 Å². The lowest BCUT2D eigenvalue weighted by Gasteiger charge is -2.15. The highest BCUT2D eigenvalue weighted by atomic mass is 16.5. The number of hydrogen-bond donors (Lipinski definition) is 3. The second-order valence-corrected chi connectivity index (χ2v) is 6.66. The number of aliphatic hydroxyl groups excluding tert-OH is 1. The molecule has 0 saturated carbocycles. The van der Waals surface area contributed by atoms with Crippen molar-refractivity contribution in [3.63, 3.8) is 0 Å². The van der Waals surface area contributed by atoms with E-state index in [1.165, 1.54) is 0 Å². The van der Waals surface area contributed by atoms with E-state index in [-0.39, 0.29) is 18.4 Å². The van der Waals surface area contributed by atoms with Crippen molar-refractivity contribution in [2.75, 3.05) is 13.7 Å². The van der Waals surface area contributed by atoms with E-state index in [9.17, 15) is 9.90 Å². The zero-order chi connectivity index (χ0) is 18.8. The van der Waals surface area contributed by atoms with Crippen LogP contribution in [0.4, 0.5) is 0 Å². The normalized spacial score (nSPS) is 16.4. The number of aliphatic hydroxyl groups is 1. The summed E-state index contributed by atoms with van der Waals surface area (Å²) >= 11 is 0. The molecule has 2 aromatic carbocycles. The number of amides is 1. The van der Waals surface area contributed by atoms with Crippen molar-refractivity contribution in [2.45, 2.75) is 18.9 Å². The minimum Gasteiger partial charge on any atom is -0.497 e. The lowest BCUT2D eigenvalue weighted by molar-refractivity contribution is 0.0950. The first-order valence-corrected chi connectivity index (χ1v) is 8.89. The molecule has 1 amide bonds. The van der Waals surface area contributed by atoms with Gasteiger partial charge >= 0.3 is 0 Å². The molecule has 138 valence electrons. The van der Waals surface area contributed by atoms with Crippen LogP contribution in [0.5, 0.6) is 5.75 Å². The van der Waals surface area contributed by atoms with Crippen molar-refractivity contribution in [1.29, 1.82) is 0 Å². The summed E-state index contributed by atoms with van der Waals surface area (Å²) in [6, 6.07) is 15.4. The number of methoxy groups -OCH3 is 1. The van der Waals surface area contributed by atoms with Gasteiger partial charge in [-0.15, -0.1) is 0 Å². The van der Waals surface area contributed by atoms with E-state index >= 15 is 0 Å². The van der Waals surface area contributed by atoms with Crippen LogP contribution < -0.4 is 10.1 Å². The molecule has 1 atom stereocenters. The molecule has 1 aliphatic rings. The van der Waals surface area contributed by atoms with E-state index < -0.39 is 0 Å². The lowest BCUT2D eigenvalue weighted by Crippen LogP contribution is -2.26. The lowest BCUT2D eigenvalue weighted by atomic mass is 9.94. The zero-order valence-electron chi connectivity index (χ0n) is 15.0. The number of H-pyrrole nitrogens is 1. The standard InChI is InChI=1S/C21H21N3O3/c1-27-17-4-2-3-15(9-17)16-10-18-19(21(26)22-11-16)24-20(23-18)14-7-5-13(12-25)6-8-14/h2-9,16,25H,10-12H2,1H3,(H,22,26)(H,23,24). The van der Waals surface area contributed by atoms with Crippen LogP contribution in [0.2, 0.25) is 0 Å². The van der Waals surface area contributed by atoms with Crippen molar-refractivity contribution in [2.24, 2.45) is 0 Å². The second-order valence-electron chi connectivity index (χ2n) is 6.66. The van der Waals surface area contributed by atoms with Gasteiger partial charge in [-0.05, 0) is 29.7 Å². The minimum absolute atomic E-state index is 0.000438. The summed E-state index contributed by atoms with van der Waals surface area (Å²) in [5.74, 6) is 1.43. The van der Waals surface area contributed by atoms with Gasteiger partial charge in [0.25, 0.3) is 5.91 Å². The Morgan fingerprint density at radius 3 is 2.78 bits per heavy atom. The number of rotatable bonds is 4. The van der Waals surface area contributed by atoms with Gasteiger partial charge in [-0.3, -0.25) is 4.79 Å². The van der Waals surface area contributed by atoms with Gasteiger partial charge in [0.15, 0.2) is 0 Å². The van der Waals surface area contributed by atoms with Gasteiger partial charge < -0.3 is 20.1 Å². The third kappa shape index (κ3) is 3.44. The van der Waals surface area contributed by atoms with Gasteiger partial charge in [0.1, 0.15) is 17.3 Å². The van der Waals surface area contributed by atoms with Crippen LogP contribution >= 0.6 is 0 Å². The quantitative estimate of drug-likeness (QED) is 0.665. The maximum Gasteiger partial charge on any atom is 0.271 e. The smallest absolute Gasteiger partial charge is 0.271 e. The minimum atomic E-state index is -0.162. The van der Waals surface area contributed by atoms with Gasteiger partial charge in [0.2, 0.25) is 0 Å². The summed E-state index contributed by atoms with van der Waals surface area (Å²) in [5, 5.41) is 12.2. The monoisotopic (exact) mass is 363 g/mol. The van der Waals surface area contributed by atoms with Crippen LogP contribution in [0.1, 0.15) is 33.2 Å². The number of nitrogens with one attached hydrogen (secondary N) is 2. The first-order valence-electron chi connectivity index (χ1n) is 8.89. The van der Waals surface area contributed by atoms with Gasteiger partial charge in [0, 0.05) is 23.7 Å². The van der Waals surface area contributed by atoms with E-state index in [0.29, 0.717) is 24.5 Å². The highest BCUT2D eigenvalue weighted by Crippen LogP contribution is 2.28. The number of imidazole rings is 1. The fourth-order valence-corrected chi connectivity index (χ4v) is 3.40. The molecule has 2 heterocycles. The van der Waals surface area contributed by atoms with Crippen LogP contribution in [0.25, 0.3) is 11.4 Å². The zero-order valence-corrected chi connectivity index (χ0v) is 15.0. The Morgan fingerprint density at radius 2 is 2.04 bits per heavy atom. The summed E-state index contributed by atoms with van der Waals surface area (Å²) in [5.41, 5.74) is 4.11. The molecule has 0 fully saturated rings. The van der Waals surface area contributed by atoms with Gasteiger partial charge in [0.05, 0.1) is 13.7 Å². The molecule has 1 unspecified atom stereocenters. The predicted molar refractivity (Wildman–Crippen MR) is 102 cm³/mol. The van der Waals surface area contributed by atoms with Crippen molar-refractivity contribution in [1.82, 2.24) is 15.3 Å². The van der Waals surface area contributed by atoms with Crippen molar-refractivity contribution < 1.29 is 14.6 Å².